The largest absolute Gasteiger partial charge is 0.690 e. The average Bonchev–Trinajstić information content (AvgIpc) is 3.10. The zero-order valence-corrected chi connectivity index (χ0v) is 16.8. The number of nitrogens with one attached hydrogen (secondary N) is 1. The van der Waals surface area contributed by atoms with E-state index >= 15 is 0 Å². The fraction of sp³-hybridized carbons (Fsp3) is 0.667. The van der Waals surface area contributed by atoms with E-state index in [-0.39, 0.29) is 50.5 Å². The van der Waals surface area contributed by atoms with E-state index in [2.05, 4.69) is 17.1 Å². The number of carbonyl (C=O) groups excluding carboxylic acids is 2. The Hall–Kier alpha value is -0.721. The minimum Gasteiger partial charge on any atom is -0.690 e. The van der Waals surface area contributed by atoms with Gasteiger partial charge in [0.15, 0.2) is 0 Å². The van der Waals surface area contributed by atoms with Crippen molar-refractivity contribution in [3.05, 3.63) is 17.9 Å². The van der Waals surface area contributed by atoms with Crippen LogP contribution in [0, 0.1) is 11.8 Å². The van der Waals surface area contributed by atoms with Gasteiger partial charge in [0.2, 0.25) is 11.8 Å². The van der Waals surface area contributed by atoms with Gasteiger partial charge in [-0.15, -0.1) is 14.6 Å². The summed E-state index contributed by atoms with van der Waals surface area (Å²) in [4.78, 5) is 37.8. The summed E-state index contributed by atoms with van der Waals surface area (Å²) >= 11 is 0. The summed E-state index contributed by atoms with van der Waals surface area (Å²) in [5.41, 5.74) is -1.29. The molecule has 0 aromatic rings. The third-order valence-electron chi connectivity index (χ3n) is 4.70. The van der Waals surface area contributed by atoms with Gasteiger partial charge in [-0.2, -0.15) is 0 Å². The molecule has 2 rings (SSSR count). The second kappa shape index (κ2) is 8.11. The number of hydrogen-bond acceptors (Lipinski definition) is 3. The number of likely N-dealkylation sites (tertiary alicyclic amines) is 1. The van der Waals surface area contributed by atoms with Crippen molar-refractivity contribution in [3.8, 4) is 0 Å². The van der Waals surface area contributed by atoms with Crippen LogP contribution in [-0.4, -0.2) is 59.9 Å². The minimum absolute atomic E-state index is 0. The molecule has 1 heterocycles. The average molecular weight is 407 g/mol. The Balaban J connectivity index is 0.00000288. The third kappa shape index (κ3) is 3.91. The van der Waals surface area contributed by atoms with Gasteiger partial charge in [0.1, 0.15) is 11.6 Å². The fourth-order valence-electron chi connectivity index (χ4n) is 3.16. The summed E-state index contributed by atoms with van der Waals surface area (Å²) in [5.74, 6) is -1.99. The van der Waals surface area contributed by atoms with Crippen molar-refractivity contribution in [1.82, 2.24) is 10.2 Å². The number of rotatable bonds is 6. The molecule has 1 saturated heterocycles. The van der Waals surface area contributed by atoms with Gasteiger partial charge in [0, 0.05) is 45.2 Å². The normalized spacial score (nSPS) is 32.4. The summed E-state index contributed by atoms with van der Waals surface area (Å²) < 4.78 is 0. The van der Waals surface area contributed by atoms with Crippen LogP contribution < -0.4 is 5.32 Å². The summed E-state index contributed by atoms with van der Waals surface area (Å²) in [5, 5.41) is 15.4. The minimum atomic E-state index is -1.29. The molecule has 0 aromatic heterocycles. The molecule has 2 N–H and O–H groups in total. The molecule has 1 saturated carbocycles. The van der Waals surface area contributed by atoms with Gasteiger partial charge in [-0.05, 0) is 18.8 Å². The number of aliphatic carboxylic acids is 1. The maximum absolute atomic E-state index is 12.6. The molecule has 127 valence electrons. The summed E-state index contributed by atoms with van der Waals surface area (Å²) in [6.07, 6.45) is 2.34. The quantitative estimate of drug-likeness (QED) is 0.486. The molecular weight excluding hydrogens is 386 g/mol. The van der Waals surface area contributed by atoms with Gasteiger partial charge < -0.3 is 20.6 Å². The zero-order chi connectivity index (χ0) is 17.4. The van der Waals surface area contributed by atoms with Crippen LogP contribution in [0.15, 0.2) is 12.7 Å². The molecule has 24 heavy (non-hydrogen) atoms. The number of carboxylic acid groups (broad SMARTS) is 1. The summed E-state index contributed by atoms with van der Waals surface area (Å²) in [6.45, 7) is 7.52. The molecule has 0 bridgehead atoms. The summed E-state index contributed by atoms with van der Waals surface area (Å²) in [6, 6.07) is -1.42. The zero-order valence-electron chi connectivity index (χ0n) is 13.9. The Bertz CT molecular complexity index is 547. The molecule has 5 atom stereocenters. The second-order valence-electron chi connectivity index (χ2n) is 6.48. The number of amides is 2. The summed E-state index contributed by atoms with van der Waals surface area (Å²) in [7, 11) is 5.17. The predicted molar refractivity (Wildman–Crippen MR) is 84.7 cm³/mol. The van der Waals surface area contributed by atoms with Gasteiger partial charge in [-0.25, -0.2) is 4.79 Å². The smallest absolute Gasteiger partial charge is 0.330 e. The standard InChI is InChI=1S/C15H21BN3O4.Y/c1-4-10-6-15(10,14(22)23)17-12(20)11-5-8(2)7-19(11)13(21)9(3)18-16;/h4,8-11H,1,5-7H2,2-3H3,(H,17,20)(H,22,23);/q-1;/t8-,9+,10+,11+,15-;/m1./s1. The molecule has 7 nitrogen and oxygen atoms in total. The Morgan fingerprint density at radius 2 is 2.12 bits per heavy atom. The Labute approximate surface area is 168 Å². The van der Waals surface area contributed by atoms with Gasteiger partial charge >= 0.3 is 5.97 Å². The predicted octanol–water partition coefficient (Wildman–Crippen LogP) is 0.212. The molecule has 1 aliphatic heterocycles. The van der Waals surface area contributed by atoms with Crippen LogP contribution >= 0.6 is 0 Å². The second-order valence-corrected chi connectivity index (χ2v) is 6.48. The molecule has 9 heteroatoms. The maximum Gasteiger partial charge on any atom is 0.330 e. The molecule has 2 fully saturated rings. The van der Waals surface area contributed by atoms with Crippen molar-refractivity contribution in [3.63, 3.8) is 0 Å². The number of hydrogen-bond donors (Lipinski definition) is 2. The first kappa shape index (κ1) is 21.3. The van der Waals surface area contributed by atoms with Gasteiger partial charge in [0.25, 0.3) is 0 Å². The van der Waals surface area contributed by atoms with Gasteiger partial charge in [0.05, 0.1) is 0 Å². The Morgan fingerprint density at radius 1 is 1.50 bits per heavy atom. The van der Waals surface area contributed by atoms with Crippen LogP contribution in [-0.2, 0) is 47.1 Å². The van der Waals surface area contributed by atoms with Crippen molar-refractivity contribution in [2.45, 2.75) is 44.3 Å². The molecular formula is C15H21BN3O4Y-. The van der Waals surface area contributed by atoms with E-state index in [1.807, 2.05) is 6.92 Å². The number of carboxylic acids is 1. The van der Waals surface area contributed by atoms with Crippen molar-refractivity contribution in [1.29, 1.82) is 0 Å². The molecule has 2 amide bonds. The van der Waals surface area contributed by atoms with Crippen molar-refractivity contribution in [2.24, 2.45) is 11.8 Å². The maximum atomic E-state index is 12.6. The van der Waals surface area contributed by atoms with Crippen LogP contribution in [0.25, 0.3) is 5.23 Å². The molecule has 2 aliphatic rings. The van der Waals surface area contributed by atoms with E-state index in [1.165, 1.54) is 11.0 Å². The van der Waals surface area contributed by atoms with E-state index in [1.54, 1.807) is 6.92 Å². The van der Waals surface area contributed by atoms with E-state index in [0.717, 1.165) is 0 Å². The topological polar surface area (TPSA) is 101 Å². The monoisotopic (exact) mass is 407 g/mol. The SMILES string of the molecule is [B][N-][C@@H](C)C(=O)N1C[C@H](C)C[C@H]1C(=O)N[C@]1(C(=O)O)C[C@@H]1C=C.[Y]. The van der Waals surface area contributed by atoms with Crippen LogP contribution in [0.2, 0.25) is 0 Å². The molecule has 0 spiro atoms. The fourth-order valence-corrected chi connectivity index (χ4v) is 3.16. The van der Waals surface area contributed by atoms with E-state index in [0.29, 0.717) is 19.4 Å². The van der Waals surface area contributed by atoms with Crippen molar-refractivity contribution >= 4 is 25.8 Å². The first-order valence-corrected chi connectivity index (χ1v) is 7.65. The molecule has 3 radical (unpaired) electrons. The van der Waals surface area contributed by atoms with E-state index in [9.17, 15) is 19.5 Å². The Kier molecular flexibility index (Phi) is 7.20. The third-order valence-corrected chi connectivity index (χ3v) is 4.70. The van der Waals surface area contributed by atoms with Crippen LogP contribution in [0.1, 0.15) is 26.7 Å². The molecule has 1 aliphatic carbocycles. The molecule has 0 unspecified atom stereocenters. The van der Waals surface area contributed by atoms with Crippen LogP contribution in [0.5, 0.6) is 0 Å². The first-order chi connectivity index (χ1) is 10.8. The van der Waals surface area contributed by atoms with Crippen molar-refractivity contribution in [2.75, 3.05) is 6.54 Å². The van der Waals surface area contributed by atoms with E-state index in [4.69, 9.17) is 7.98 Å². The number of carbonyl (C=O) groups is 3. The Morgan fingerprint density at radius 3 is 2.58 bits per heavy atom. The van der Waals surface area contributed by atoms with Crippen LogP contribution in [0.3, 0.4) is 0 Å². The van der Waals surface area contributed by atoms with Crippen LogP contribution in [0.4, 0.5) is 0 Å². The van der Waals surface area contributed by atoms with Gasteiger partial charge in [-0.3, -0.25) is 9.59 Å². The first-order valence-electron chi connectivity index (χ1n) is 7.65. The van der Waals surface area contributed by atoms with Gasteiger partial charge in [-0.1, -0.05) is 26.0 Å². The van der Waals surface area contributed by atoms with E-state index < -0.39 is 29.5 Å². The van der Waals surface area contributed by atoms with Crippen molar-refractivity contribution < 1.29 is 52.2 Å². The number of nitrogens with zero attached hydrogens (tertiary/aromatic N) is 2. The molecule has 0 aromatic carbocycles.